The fourth-order valence-corrected chi connectivity index (χ4v) is 5.11. The standard InChI is InChI=1S/C24H19F2N3O2S/c25-15-10-8-13(9-11-15)19-20-17(6-3-7-18(20)30)27-22-21(19)23(31)29-24(28-22)32-12-14-4-1-2-5-16(14)26/h1-2,4-5,8-11,19H,3,6-7,12H2,(H2,27,28,29,31)/t19-/m0/s1. The summed E-state index contributed by atoms with van der Waals surface area (Å²) in [7, 11) is 0. The van der Waals surface area contributed by atoms with Crippen molar-refractivity contribution in [3.05, 3.63) is 98.5 Å². The van der Waals surface area contributed by atoms with Gasteiger partial charge in [0.25, 0.3) is 5.56 Å². The summed E-state index contributed by atoms with van der Waals surface area (Å²) in [6, 6.07) is 12.3. The number of nitrogens with one attached hydrogen (secondary N) is 2. The number of nitrogens with zero attached hydrogens (tertiary/aromatic N) is 1. The van der Waals surface area contributed by atoms with Gasteiger partial charge in [0.15, 0.2) is 10.9 Å². The van der Waals surface area contributed by atoms with E-state index in [4.69, 9.17) is 0 Å². The lowest BCUT2D eigenvalue weighted by Crippen LogP contribution is -2.32. The highest BCUT2D eigenvalue weighted by molar-refractivity contribution is 7.98. The van der Waals surface area contributed by atoms with Gasteiger partial charge < -0.3 is 10.3 Å². The van der Waals surface area contributed by atoms with E-state index in [0.717, 1.165) is 5.70 Å². The molecule has 2 aliphatic rings. The molecule has 0 bridgehead atoms. The van der Waals surface area contributed by atoms with Crippen molar-refractivity contribution in [2.75, 3.05) is 5.32 Å². The lowest BCUT2D eigenvalue weighted by molar-refractivity contribution is -0.116. The van der Waals surface area contributed by atoms with Crippen molar-refractivity contribution in [3.8, 4) is 0 Å². The van der Waals surface area contributed by atoms with E-state index in [0.29, 0.717) is 58.3 Å². The van der Waals surface area contributed by atoms with Crippen LogP contribution in [0.1, 0.15) is 41.9 Å². The number of benzene rings is 2. The molecule has 0 radical (unpaired) electrons. The van der Waals surface area contributed by atoms with Crippen molar-refractivity contribution >= 4 is 23.4 Å². The molecule has 0 saturated carbocycles. The third kappa shape index (κ3) is 3.75. The Morgan fingerprint density at radius 3 is 2.59 bits per heavy atom. The molecule has 0 spiro atoms. The van der Waals surface area contributed by atoms with Gasteiger partial charge in [0.1, 0.15) is 17.5 Å². The van der Waals surface area contributed by atoms with Crippen LogP contribution >= 0.6 is 11.8 Å². The van der Waals surface area contributed by atoms with E-state index in [9.17, 15) is 18.4 Å². The number of anilines is 1. The van der Waals surface area contributed by atoms with Gasteiger partial charge in [-0.05, 0) is 42.2 Å². The smallest absolute Gasteiger partial charge is 0.257 e. The molecule has 0 fully saturated rings. The molecule has 0 saturated heterocycles. The first-order valence-corrected chi connectivity index (χ1v) is 11.3. The molecular weight excluding hydrogens is 432 g/mol. The molecule has 3 aromatic rings. The van der Waals surface area contributed by atoms with Gasteiger partial charge in [-0.1, -0.05) is 42.1 Å². The van der Waals surface area contributed by atoms with Crippen LogP contribution in [0.3, 0.4) is 0 Å². The van der Waals surface area contributed by atoms with Gasteiger partial charge in [-0.25, -0.2) is 13.8 Å². The van der Waals surface area contributed by atoms with E-state index in [2.05, 4.69) is 15.3 Å². The van der Waals surface area contributed by atoms with Gasteiger partial charge in [0.05, 0.1) is 5.56 Å². The molecule has 1 aliphatic heterocycles. The summed E-state index contributed by atoms with van der Waals surface area (Å²) in [6.45, 7) is 0. The van der Waals surface area contributed by atoms with Crippen molar-refractivity contribution in [1.82, 2.24) is 9.97 Å². The van der Waals surface area contributed by atoms with Crippen molar-refractivity contribution in [2.45, 2.75) is 36.1 Å². The van der Waals surface area contributed by atoms with Crippen molar-refractivity contribution < 1.29 is 13.6 Å². The van der Waals surface area contributed by atoms with Crippen LogP contribution in [-0.4, -0.2) is 15.8 Å². The minimum Gasteiger partial charge on any atom is -0.343 e. The zero-order valence-electron chi connectivity index (χ0n) is 17.0. The Hall–Kier alpha value is -3.26. The zero-order chi connectivity index (χ0) is 22.2. The monoisotopic (exact) mass is 451 g/mol. The predicted molar refractivity (Wildman–Crippen MR) is 119 cm³/mol. The van der Waals surface area contributed by atoms with Crippen LogP contribution in [0.4, 0.5) is 14.6 Å². The third-order valence-corrected chi connectivity index (χ3v) is 6.68. The number of carbonyl (C=O) groups is 1. The number of aromatic amines is 1. The Labute approximate surface area is 187 Å². The first-order chi connectivity index (χ1) is 15.5. The number of ketones is 1. The molecule has 1 atom stereocenters. The molecule has 5 nitrogen and oxygen atoms in total. The van der Waals surface area contributed by atoms with Crippen LogP contribution in [0.15, 0.2) is 69.8 Å². The topological polar surface area (TPSA) is 74.8 Å². The van der Waals surface area contributed by atoms with Gasteiger partial charge in [-0.2, -0.15) is 0 Å². The first kappa shape index (κ1) is 20.6. The van der Waals surface area contributed by atoms with Crippen LogP contribution in [0.5, 0.6) is 0 Å². The molecule has 5 rings (SSSR count). The van der Waals surface area contributed by atoms with Crippen LogP contribution < -0.4 is 10.9 Å². The summed E-state index contributed by atoms with van der Waals surface area (Å²) >= 11 is 1.22. The minimum atomic E-state index is -0.614. The number of rotatable bonds is 4. The quantitative estimate of drug-likeness (QED) is 0.436. The molecular formula is C24H19F2N3O2S. The fraction of sp³-hybridized carbons (Fsp3) is 0.208. The summed E-state index contributed by atoms with van der Waals surface area (Å²) in [6.07, 6.45) is 1.80. The number of allylic oxidation sites excluding steroid dienone is 2. The molecule has 1 aliphatic carbocycles. The third-order valence-electron chi connectivity index (χ3n) is 5.76. The number of fused-ring (bicyclic) bond motifs is 1. The molecule has 8 heteroatoms. The average Bonchev–Trinajstić information content (AvgIpc) is 2.78. The van der Waals surface area contributed by atoms with Crippen molar-refractivity contribution in [2.24, 2.45) is 0 Å². The van der Waals surface area contributed by atoms with E-state index in [1.165, 1.54) is 30.0 Å². The highest BCUT2D eigenvalue weighted by Crippen LogP contribution is 2.43. The Bertz CT molecular complexity index is 1300. The second-order valence-corrected chi connectivity index (χ2v) is 8.76. The van der Waals surface area contributed by atoms with Crippen LogP contribution in [-0.2, 0) is 10.5 Å². The van der Waals surface area contributed by atoms with E-state index in [-0.39, 0.29) is 23.0 Å². The molecule has 2 N–H and O–H groups in total. The second kappa shape index (κ2) is 8.35. The number of Topliss-reactive ketones (excluding diaryl/α,β-unsaturated/α-hetero) is 1. The maximum absolute atomic E-state index is 14.0. The Kier molecular flexibility index (Phi) is 5.38. The number of thioether (sulfide) groups is 1. The van der Waals surface area contributed by atoms with E-state index < -0.39 is 5.92 Å². The summed E-state index contributed by atoms with van der Waals surface area (Å²) in [5.41, 5.74) is 2.44. The van der Waals surface area contributed by atoms with Crippen molar-refractivity contribution in [3.63, 3.8) is 0 Å². The van der Waals surface area contributed by atoms with E-state index >= 15 is 0 Å². The van der Waals surface area contributed by atoms with Gasteiger partial charge in [0, 0.05) is 29.4 Å². The lowest BCUT2D eigenvalue weighted by atomic mass is 9.76. The van der Waals surface area contributed by atoms with Crippen LogP contribution in [0.2, 0.25) is 0 Å². The van der Waals surface area contributed by atoms with Gasteiger partial charge in [-0.15, -0.1) is 0 Å². The fourth-order valence-electron chi connectivity index (χ4n) is 4.26. The second-order valence-electron chi connectivity index (χ2n) is 7.79. The van der Waals surface area contributed by atoms with Crippen LogP contribution in [0, 0.1) is 11.6 Å². The van der Waals surface area contributed by atoms with Crippen LogP contribution in [0.25, 0.3) is 0 Å². The normalized spacial score (nSPS) is 17.6. The van der Waals surface area contributed by atoms with Crippen molar-refractivity contribution in [1.29, 1.82) is 0 Å². The predicted octanol–water partition coefficient (Wildman–Crippen LogP) is 4.90. The molecule has 1 aromatic heterocycles. The lowest BCUT2D eigenvalue weighted by Gasteiger charge is -2.32. The number of H-pyrrole nitrogens is 1. The number of halogens is 2. The van der Waals surface area contributed by atoms with Gasteiger partial charge in [-0.3, -0.25) is 9.59 Å². The van der Waals surface area contributed by atoms with E-state index in [1.807, 2.05) is 0 Å². The van der Waals surface area contributed by atoms with Gasteiger partial charge in [0.2, 0.25) is 0 Å². The Morgan fingerprint density at radius 2 is 1.81 bits per heavy atom. The molecule has 0 amide bonds. The summed E-state index contributed by atoms with van der Waals surface area (Å²) in [5, 5.41) is 3.55. The van der Waals surface area contributed by atoms with E-state index in [1.54, 1.807) is 30.3 Å². The highest BCUT2D eigenvalue weighted by Gasteiger charge is 2.37. The minimum absolute atomic E-state index is 0.0175. The number of hydrogen-bond acceptors (Lipinski definition) is 5. The highest BCUT2D eigenvalue weighted by atomic mass is 32.2. The molecule has 2 aromatic carbocycles. The maximum atomic E-state index is 14.0. The van der Waals surface area contributed by atoms with Gasteiger partial charge >= 0.3 is 0 Å². The number of hydrogen-bond donors (Lipinski definition) is 2. The number of carbonyl (C=O) groups excluding carboxylic acids is 1. The molecule has 32 heavy (non-hydrogen) atoms. The molecule has 0 unspecified atom stereocenters. The average molecular weight is 451 g/mol. The Morgan fingerprint density at radius 1 is 1.03 bits per heavy atom. The summed E-state index contributed by atoms with van der Waals surface area (Å²) in [5.74, 6) is -0.646. The molecule has 162 valence electrons. The number of aromatic nitrogens is 2. The Balaban J connectivity index is 1.56. The SMILES string of the molecule is O=C1CCCC2=C1[C@H](c1ccc(F)cc1)c1c(nc(SCc3ccccc3F)[nH]c1=O)N2. The summed E-state index contributed by atoms with van der Waals surface area (Å²) in [4.78, 5) is 33.3. The maximum Gasteiger partial charge on any atom is 0.257 e. The molecule has 2 heterocycles. The summed E-state index contributed by atoms with van der Waals surface area (Å²) < 4.78 is 27.5. The zero-order valence-corrected chi connectivity index (χ0v) is 17.8. The first-order valence-electron chi connectivity index (χ1n) is 10.3. The largest absolute Gasteiger partial charge is 0.343 e.